The van der Waals surface area contributed by atoms with Crippen molar-refractivity contribution in [3.63, 3.8) is 0 Å². The Balaban J connectivity index is 1.33. The first-order chi connectivity index (χ1) is 17.3. The molecular formula is C30H36N2O3S. The van der Waals surface area contributed by atoms with Crippen LogP contribution in [0.15, 0.2) is 70.5 Å². The van der Waals surface area contributed by atoms with Crippen LogP contribution in [0.25, 0.3) is 0 Å². The fraction of sp³-hybridized carbons (Fsp3) is 0.400. The molecule has 0 saturated carbocycles. The predicted octanol–water partition coefficient (Wildman–Crippen LogP) is 5.25. The number of methoxy groups -OCH3 is 1. The molecule has 1 fully saturated rings. The molecule has 5 nitrogen and oxygen atoms in total. The Kier molecular flexibility index (Phi) is 7.09. The molecule has 0 bridgehead atoms. The van der Waals surface area contributed by atoms with Gasteiger partial charge < -0.3 is 14.5 Å². The van der Waals surface area contributed by atoms with Crippen LogP contribution in [0.4, 0.5) is 5.69 Å². The number of piperidine rings is 1. The highest BCUT2D eigenvalue weighted by Gasteiger charge is 2.26. The highest BCUT2D eigenvalue weighted by molar-refractivity contribution is 7.91. The van der Waals surface area contributed by atoms with Gasteiger partial charge in [-0.1, -0.05) is 29.8 Å². The second-order valence-electron chi connectivity index (χ2n) is 10.2. The molecule has 0 aliphatic carbocycles. The van der Waals surface area contributed by atoms with Crippen LogP contribution in [0.3, 0.4) is 0 Å². The lowest BCUT2D eigenvalue weighted by molar-refractivity contribution is 0.352. The zero-order chi connectivity index (χ0) is 25.3. The van der Waals surface area contributed by atoms with Gasteiger partial charge in [0.25, 0.3) is 0 Å². The molecule has 1 saturated heterocycles. The van der Waals surface area contributed by atoms with Crippen molar-refractivity contribution in [2.24, 2.45) is 0 Å². The van der Waals surface area contributed by atoms with Crippen LogP contribution in [0.1, 0.15) is 41.0 Å². The molecule has 0 atom stereocenters. The van der Waals surface area contributed by atoms with E-state index in [0.29, 0.717) is 16.6 Å². The van der Waals surface area contributed by atoms with Gasteiger partial charge in [0, 0.05) is 31.9 Å². The van der Waals surface area contributed by atoms with Gasteiger partial charge in [-0.3, -0.25) is 0 Å². The van der Waals surface area contributed by atoms with Gasteiger partial charge >= 0.3 is 0 Å². The Labute approximate surface area is 215 Å². The number of hydrogen-bond donors (Lipinski definition) is 0. The van der Waals surface area contributed by atoms with E-state index in [1.807, 2.05) is 24.3 Å². The number of sulfone groups is 1. The van der Waals surface area contributed by atoms with Crippen LogP contribution in [0.2, 0.25) is 0 Å². The van der Waals surface area contributed by atoms with Crippen LogP contribution >= 0.6 is 0 Å². The van der Waals surface area contributed by atoms with E-state index in [2.05, 4.69) is 48.0 Å². The molecule has 5 rings (SSSR count). The van der Waals surface area contributed by atoms with E-state index >= 15 is 0 Å². The van der Waals surface area contributed by atoms with Crippen molar-refractivity contribution in [3.05, 3.63) is 82.9 Å². The summed E-state index contributed by atoms with van der Waals surface area (Å²) in [5.41, 5.74) is 6.07. The Morgan fingerprint density at radius 1 is 0.833 bits per heavy atom. The Bertz CT molecular complexity index is 1310. The molecule has 3 aromatic rings. The first kappa shape index (κ1) is 24.8. The van der Waals surface area contributed by atoms with Crippen LogP contribution in [0, 0.1) is 6.92 Å². The largest absolute Gasteiger partial charge is 0.495 e. The Hall–Kier alpha value is -2.83. The van der Waals surface area contributed by atoms with Crippen molar-refractivity contribution in [2.75, 3.05) is 45.2 Å². The van der Waals surface area contributed by atoms with E-state index < -0.39 is 9.84 Å². The number of benzene rings is 3. The third-order valence-electron chi connectivity index (χ3n) is 7.86. The molecule has 6 heteroatoms. The molecule has 3 aromatic carbocycles. The van der Waals surface area contributed by atoms with E-state index in [1.165, 1.54) is 16.7 Å². The highest BCUT2D eigenvalue weighted by Crippen LogP contribution is 2.35. The second-order valence-corrected chi connectivity index (χ2v) is 12.2. The smallest absolute Gasteiger partial charge is 0.210 e. The molecule has 0 unspecified atom stereocenters. The van der Waals surface area contributed by atoms with E-state index in [0.717, 1.165) is 63.1 Å². The monoisotopic (exact) mass is 504 g/mol. The summed E-state index contributed by atoms with van der Waals surface area (Å²) < 4.78 is 32.9. The molecule has 0 spiro atoms. The van der Waals surface area contributed by atoms with Crippen molar-refractivity contribution < 1.29 is 13.2 Å². The second kappa shape index (κ2) is 10.3. The standard InChI is InChI=1S/C30H36N2O3S/c1-22-4-6-23(7-5-22)24-14-18-32(19-15-24)27-8-10-28(11-9-27)36(33,34)30-21-26-13-17-31(2)16-12-25(26)20-29(30)35-3/h4-11,20-21,24H,12-19H2,1-3H3. The molecule has 0 aromatic heterocycles. The molecule has 0 radical (unpaired) electrons. The lowest BCUT2D eigenvalue weighted by atomic mass is 9.89. The van der Waals surface area contributed by atoms with Crippen molar-refractivity contribution in [2.45, 2.75) is 48.3 Å². The maximum absolute atomic E-state index is 13.7. The average Bonchev–Trinajstić information content (AvgIpc) is 3.09. The van der Waals surface area contributed by atoms with Gasteiger partial charge in [-0.05, 0) is 98.7 Å². The summed E-state index contributed by atoms with van der Waals surface area (Å²) in [6.07, 6.45) is 3.95. The summed E-state index contributed by atoms with van der Waals surface area (Å²) in [5.74, 6) is 1.02. The van der Waals surface area contributed by atoms with Gasteiger partial charge in [-0.15, -0.1) is 0 Å². The lowest BCUT2D eigenvalue weighted by Crippen LogP contribution is -2.32. The van der Waals surface area contributed by atoms with Gasteiger partial charge in [0.1, 0.15) is 10.6 Å². The van der Waals surface area contributed by atoms with E-state index in [4.69, 9.17) is 4.74 Å². The number of anilines is 1. The molecule has 0 amide bonds. The quantitative estimate of drug-likeness (QED) is 0.475. The molecule has 190 valence electrons. The fourth-order valence-electron chi connectivity index (χ4n) is 5.49. The number of likely N-dealkylation sites (N-methyl/N-ethyl adjacent to an activating group) is 1. The van der Waals surface area contributed by atoms with Crippen molar-refractivity contribution in [3.8, 4) is 5.75 Å². The highest BCUT2D eigenvalue weighted by atomic mass is 32.2. The number of rotatable bonds is 5. The lowest BCUT2D eigenvalue weighted by Gasteiger charge is -2.34. The van der Waals surface area contributed by atoms with Crippen molar-refractivity contribution in [1.82, 2.24) is 4.90 Å². The summed E-state index contributed by atoms with van der Waals surface area (Å²) >= 11 is 0. The fourth-order valence-corrected chi connectivity index (χ4v) is 6.94. The van der Waals surface area contributed by atoms with E-state index in [-0.39, 0.29) is 4.90 Å². The average molecular weight is 505 g/mol. The van der Waals surface area contributed by atoms with Gasteiger partial charge in [-0.25, -0.2) is 8.42 Å². The van der Waals surface area contributed by atoms with Crippen molar-refractivity contribution in [1.29, 1.82) is 0 Å². The number of hydrogen-bond acceptors (Lipinski definition) is 5. The van der Waals surface area contributed by atoms with Crippen molar-refractivity contribution >= 4 is 15.5 Å². The van der Waals surface area contributed by atoms with Gasteiger partial charge in [0.05, 0.1) is 12.0 Å². The summed E-state index contributed by atoms with van der Waals surface area (Å²) in [5, 5.41) is 0. The minimum atomic E-state index is -3.69. The maximum Gasteiger partial charge on any atom is 0.210 e. The summed E-state index contributed by atoms with van der Waals surface area (Å²) in [6, 6.07) is 20.0. The molecule has 0 N–H and O–H groups in total. The molecular weight excluding hydrogens is 468 g/mol. The molecule has 2 heterocycles. The zero-order valence-electron chi connectivity index (χ0n) is 21.5. The van der Waals surface area contributed by atoms with Crippen LogP contribution < -0.4 is 9.64 Å². The third kappa shape index (κ3) is 5.02. The first-order valence-corrected chi connectivity index (χ1v) is 14.4. The van der Waals surface area contributed by atoms with Crippen LogP contribution in [0.5, 0.6) is 5.75 Å². The van der Waals surface area contributed by atoms with Crippen LogP contribution in [-0.2, 0) is 22.7 Å². The minimum Gasteiger partial charge on any atom is -0.495 e. The predicted molar refractivity (Wildman–Crippen MR) is 145 cm³/mol. The maximum atomic E-state index is 13.7. The number of nitrogens with zero attached hydrogens (tertiary/aromatic N) is 2. The summed E-state index contributed by atoms with van der Waals surface area (Å²) in [4.78, 5) is 5.22. The summed E-state index contributed by atoms with van der Waals surface area (Å²) in [7, 11) is -0.0406. The van der Waals surface area contributed by atoms with Crippen LogP contribution in [-0.4, -0.2) is 53.7 Å². The minimum absolute atomic E-state index is 0.264. The van der Waals surface area contributed by atoms with E-state index in [9.17, 15) is 8.42 Å². The van der Waals surface area contributed by atoms with Gasteiger partial charge in [0.2, 0.25) is 9.84 Å². The molecule has 2 aliphatic heterocycles. The molecule has 2 aliphatic rings. The normalized spacial score (nSPS) is 17.5. The number of fused-ring (bicyclic) bond motifs is 1. The van der Waals surface area contributed by atoms with E-state index in [1.54, 1.807) is 19.2 Å². The first-order valence-electron chi connectivity index (χ1n) is 12.9. The van der Waals surface area contributed by atoms with Gasteiger partial charge in [0.15, 0.2) is 0 Å². The number of ether oxygens (including phenoxy) is 1. The van der Waals surface area contributed by atoms with Gasteiger partial charge in [-0.2, -0.15) is 0 Å². The summed E-state index contributed by atoms with van der Waals surface area (Å²) in [6.45, 7) is 5.95. The zero-order valence-corrected chi connectivity index (χ0v) is 22.4. The SMILES string of the molecule is COc1cc2c(cc1S(=O)(=O)c1ccc(N3CCC(c4ccc(C)cc4)CC3)cc1)CCN(C)CC2. The third-order valence-corrected chi connectivity index (χ3v) is 9.65. The number of aryl methyl sites for hydroxylation is 1. The molecule has 36 heavy (non-hydrogen) atoms. The Morgan fingerprint density at radius 2 is 1.44 bits per heavy atom. The topological polar surface area (TPSA) is 49.9 Å². The Morgan fingerprint density at radius 3 is 2.06 bits per heavy atom.